The van der Waals surface area contributed by atoms with Gasteiger partial charge in [0.25, 0.3) is 0 Å². The lowest BCUT2D eigenvalue weighted by atomic mass is 10.4. The zero-order chi connectivity index (χ0) is 14.7. The highest BCUT2D eigenvalue weighted by Crippen LogP contribution is 2.28. The Morgan fingerprint density at radius 1 is 1.29 bits per heavy atom. The van der Waals surface area contributed by atoms with E-state index in [1.807, 2.05) is 42.1 Å². The van der Waals surface area contributed by atoms with Crippen molar-refractivity contribution in [3.8, 4) is 5.82 Å². The van der Waals surface area contributed by atoms with Crippen molar-refractivity contribution in [3.63, 3.8) is 0 Å². The standard InChI is InChI=1S/C15H19N5O/c1-11-18-13(10-14(19-11)20-8-2-3-9-20)16-6-7-17-15(21)12-4-5-12/h2-3,8-10,12H,4-7H2,1H3,(H,17,21)(H,16,18,19). The summed E-state index contributed by atoms with van der Waals surface area (Å²) < 4.78 is 1.94. The summed E-state index contributed by atoms with van der Waals surface area (Å²) >= 11 is 0. The molecule has 0 aromatic carbocycles. The number of nitrogens with one attached hydrogen (secondary N) is 2. The van der Waals surface area contributed by atoms with Crippen LogP contribution in [0.25, 0.3) is 5.82 Å². The molecular weight excluding hydrogens is 266 g/mol. The smallest absolute Gasteiger partial charge is 0.223 e. The molecule has 1 aliphatic carbocycles. The third-order valence-corrected chi connectivity index (χ3v) is 3.37. The zero-order valence-corrected chi connectivity index (χ0v) is 12.0. The Labute approximate surface area is 123 Å². The van der Waals surface area contributed by atoms with Crippen molar-refractivity contribution in [1.82, 2.24) is 19.9 Å². The van der Waals surface area contributed by atoms with Gasteiger partial charge in [0.05, 0.1) is 0 Å². The number of amides is 1. The Balaban J connectivity index is 1.56. The second-order valence-electron chi connectivity index (χ2n) is 5.24. The minimum atomic E-state index is 0.170. The van der Waals surface area contributed by atoms with Gasteiger partial charge in [-0.15, -0.1) is 0 Å². The summed E-state index contributed by atoms with van der Waals surface area (Å²) in [5, 5.41) is 6.14. The number of anilines is 1. The van der Waals surface area contributed by atoms with Crippen molar-refractivity contribution in [2.24, 2.45) is 5.92 Å². The summed E-state index contributed by atoms with van der Waals surface area (Å²) in [6.45, 7) is 3.13. The van der Waals surface area contributed by atoms with E-state index in [1.165, 1.54) is 0 Å². The fourth-order valence-corrected chi connectivity index (χ4v) is 2.13. The lowest BCUT2D eigenvalue weighted by Crippen LogP contribution is -2.30. The van der Waals surface area contributed by atoms with Gasteiger partial charge in [0, 0.05) is 37.5 Å². The van der Waals surface area contributed by atoms with Crippen LogP contribution in [0.1, 0.15) is 18.7 Å². The SMILES string of the molecule is Cc1nc(NCCNC(=O)C2CC2)cc(-n2cccc2)n1. The minimum absolute atomic E-state index is 0.170. The maximum atomic E-state index is 11.5. The van der Waals surface area contributed by atoms with E-state index < -0.39 is 0 Å². The van der Waals surface area contributed by atoms with Crippen LogP contribution >= 0.6 is 0 Å². The highest BCUT2D eigenvalue weighted by Gasteiger charge is 2.28. The van der Waals surface area contributed by atoms with Crippen LogP contribution in [0.4, 0.5) is 5.82 Å². The van der Waals surface area contributed by atoms with E-state index in [4.69, 9.17) is 0 Å². The average Bonchev–Trinajstić information content (AvgIpc) is 3.17. The van der Waals surface area contributed by atoms with Gasteiger partial charge >= 0.3 is 0 Å². The highest BCUT2D eigenvalue weighted by atomic mass is 16.2. The van der Waals surface area contributed by atoms with Crippen LogP contribution in [0.15, 0.2) is 30.6 Å². The average molecular weight is 285 g/mol. The Morgan fingerprint density at radius 2 is 2.05 bits per heavy atom. The van der Waals surface area contributed by atoms with Gasteiger partial charge in [0.1, 0.15) is 17.5 Å². The molecule has 110 valence electrons. The fraction of sp³-hybridized carbons (Fsp3) is 0.400. The molecule has 0 bridgehead atoms. The summed E-state index contributed by atoms with van der Waals surface area (Å²) in [7, 11) is 0. The highest BCUT2D eigenvalue weighted by molar-refractivity contribution is 5.80. The quantitative estimate of drug-likeness (QED) is 0.789. The molecule has 1 fully saturated rings. The van der Waals surface area contributed by atoms with Gasteiger partial charge in [-0.3, -0.25) is 4.79 Å². The van der Waals surface area contributed by atoms with Crippen molar-refractivity contribution in [3.05, 3.63) is 36.4 Å². The second-order valence-corrected chi connectivity index (χ2v) is 5.24. The molecule has 2 heterocycles. The van der Waals surface area contributed by atoms with E-state index in [2.05, 4.69) is 20.6 Å². The van der Waals surface area contributed by atoms with Crippen LogP contribution in [-0.4, -0.2) is 33.5 Å². The molecule has 3 rings (SSSR count). The van der Waals surface area contributed by atoms with Crippen LogP contribution in [0.2, 0.25) is 0 Å². The van der Waals surface area contributed by atoms with Crippen LogP contribution in [-0.2, 0) is 4.79 Å². The summed E-state index contributed by atoms with van der Waals surface area (Å²) in [4.78, 5) is 20.3. The number of aromatic nitrogens is 3. The summed E-state index contributed by atoms with van der Waals surface area (Å²) in [6, 6.07) is 5.81. The molecule has 0 saturated heterocycles. The second kappa shape index (κ2) is 5.95. The van der Waals surface area contributed by atoms with Gasteiger partial charge in [-0.2, -0.15) is 0 Å². The van der Waals surface area contributed by atoms with Gasteiger partial charge in [-0.05, 0) is 31.9 Å². The predicted molar refractivity (Wildman–Crippen MR) is 80.3 cm³/mol. The molecule has 0 spiro atoms. The first kappa shape index (κ1) is 13.6. The molecule has 1 amide bonds. The van der Waals surface area contributed by atoms with Gasteiger partial charge in [0.15, 0.2) is 0 Å². The largest absolute Gasteiger partial charge is 0.368 e. The van der Waals surface area contributed by atoms with E-state index >= 15 is 0 Å². The number of hydrogen-bond donors (Lipinski definition) is 2. The molecule has 0 atom stereocenters. The first-order valence-electron chi connectivity index (χ1n) is 7.23. The topological polar surface area (TPSA) is 71.8 Å². The van der Waals surface area contributed by atoms with Gasteiger partial charge in [0.2, 0.25) is 5.91 Å². The fourth-order valence-electron chi connectivity index (χ4n) is 2.13. The van der Waals surface area contributed by atoms with E-state index in [-0.39, 0.29) is 11.8 Å². The molecule has 0 aliphatic heterocycles. The summed E-state index contributed by atoms with van der Waals surface area (Å²) in [5.41, 5.74) is 0. The Morgan fingerprint density at radius 3 is 2.76 bits per heavy atom. The summed E-state index contributed by atoms with van der Waals surface area (Å²) in [5.74, 6) is 2.74. The van der Waals surface area contributed by atoms with Crippen LogP contribution in [0, 0.1) is 12.8 Å². The monoisotopic (exact) mass is 285 g/mol. The Hall–Kier alpha value is -2.37. The lowest BCUT2D eigenvalue weighted by Gasteiger charge is -2.10. The molecule has 0 unspecified atom stereocenters. The molecule has 0 radical (unpaired) electrons. The number of carbonyl (C=O) groups excluding carboxylic acids is 1. The number of aryl methyl sites for hydroxylation is 1. The van der Waals surface area contributed by atoms with Crippen LogP contribution < -0.4 is 10.6 Å². The van der Waals surface area contributed by atoms with Crippen molar-refractivity contribution >= 4 is 11.7 Å². The van der Waals surface area contributed by atoms with E-state index in [0.717, 1.165) is 24.5 Å². The molecule has 21 heavy (non-hydrogen) atoms. The third kappa shape index (κ3) is 3.59. The van der Waals surface area contributed by atoms with Gasteiger partial charge in [-0.25, -0.2) is 9.97 Å². The number of rotatable bonds is 6. The first-order chi connectivity index (χ1) is 10.2. The molecular formula is C15H19N5O. The van der Waals surface area contributed by atoms with Crippen molar-refractivity contribution in [1.29, 1.82) is 0 Å². The molecule has 1 saturated carbocycles. The van der Waals surface area contributed by atoms with E-state index in [1.54, 1.807) is 0 Å². The Kier molecular flexibility index (Phi) is 3.85. The van der Waals surface area contributed by atoms with Crippen molar-refractivity contribution < 1.29 is 4.79 Å². The molecule has 2 aromatic heterocycles. The Bertz CT molecular complexity index is 619. The molecule has 6 heteroatoms. The number of carbonyl (C=O) groups is 1. The van der Waals surface area contributed by atoms with Crippen LogP contribution in [0.5, 0.6) is 0 Å². The molecule has 1 aliphatic rings. The normalized spacial score (nSPS) is 14.0. The predicted octanol–water partition coefficient (Wildman–Crippen LogP) is 1.51. The molecule has 6 nitrogen and oxygen atoms in total. The third-order valence-electron chi connectivity index (χ3n) is 3.37. The summed E-state index contributed by atoms with van der Waals surface area (Å²) in [6.07, 6.45) is 5.96. The number of nitrogens with zero attached hydrogens (tertiary/aromatic N) is 3. The number of hydrogen-bond acceptors (Lipinski definition) is 4. The maximum absolute atomic E-state index is 11.5. The van der Waals surface area contributed by atoms with Crippen LogP contribution in [0.3, 0.4) is 0 Å². The van der Waals surface area contributed by atoms with E-state index in [9.17, 15) is 4.79 Å². The van der Waals surface area contributed by atoms with Gasteiger partial charge in [-0.1, -0.05) is 0 Å². The van der Waals surface area contributed by atoms with Gasteiger partial charge < -0.3 is 15.2 Å². The molecule has 2 N–H and O–H groups in total. The zero-order valence-electron chi connectivity index (χ0n) is 12.0. The lowest BCUT2D eigenvalue weighted by molar-refractivity contribution is -0.122. The first-order valence-corrected chi connectivity index (χ1v) is 7.23. The van der Waals surface area contributed by atoms with E-state index in [0.29, 0.717) is 18.9 Å². The molecule has 2 aromatic rings. The van der Waals surface area contributed by atoms with Crippen molar-refractivity contribution in [2.75, 3.05) is 18.4 Å². The maximum Gasteiger partial charge on any atom is 0.223 e. The minimum Gasteiger partial charge on any atom is -0.368 e. The van der Waals surface area contributed by atoms with Crippen molar-refractivity contribution in [2.45, 2.75) is 19.8 Å².